The summed E-state index contributed by atoms with van der Waals surface area (Å²) in [6.07, 6.45) is 2.16. The number of carbonyl (C=O) groups excluding carboxylic acids is 2. The highest BCUT2D eigenvalue weighted by molar-refractivity contribution is 7.59. The maximum atomic E-state index is 12.5. The summed E-state index contributed by atoms with van der Waals surface area (Å²) in [6, 6.07) is 4.87. The summed E-state index contributed by atoms with van der Waals surface area (Å²) in [5.41, 5.74) is 0.609. The number of hydrogen-bond acceptors (Lipinski definition) is 4. The Morgan fingerprint density at radius 1 is 1.21 bits per heavy atom. The van der Waals surface area contributed by atoms with Crippen molar-refractivity contribution >= 4 is 37.1 Å². The quantitative estimate of drug-likeness (QED) is 0.671. The number of carbonyl (C=O) groups is 2. The van der Waals surface area contributed by atoms with Gasteiger partial charge in [-0.2, -0.15) is 13.5 Å². The summed E-state index contributed by atoms with van der Waals surface area (Å²) in [5, 5.41) is 15.6. The van der Waals surface area contributed by atoms with Crippen LogP contribution in [0.15, 0.2) is 18.2 Å². The smallest absolute Gasteiger partial charge is 0.408 e. The van der Waals surface area contributed by atoms with Crippen LogP contribution in [0.25, 0.3) is 0 Å². The van der Waals surface area contributed by atoms with Crippen molar-refractivity contribution in [3.63, 3.8) is 0 Å². The molecule has 0 bridgehead atoms. The van der Waals surface area contributed by atoms with Gasteiger partial charge < -0.3 is 20.5 Å². The van der Waals surface area contributed by atoms with E-state index in [2.05, 4.69) is 10.6 Å². The second-order valence-corrected chi connectivity index (χ2v) is 8.49. The Morgan fingerprint density at radius 2 is 1.82 bits per heavy atom. The van der Waals surface area contributed by atoms with E-state index in [9.17, 15) is 14.7 Å². The lowest BCUT2D eigenvalue weighted by Gasteiger charge is -2.26. The standard InChI is InChI=1S/C20H29ClN2O4.H2S/c1-12(22-19(26)27-20(2,3)4)13-5-10-16(17(21)11-13)18(25)23-14-6-8-15(24)9-7-14;/h5,10-12,14-15,24H,6-9H2,1-4H3,(H,22,26)(H,23,25);1H2/t12-,14?,15?;/m0./s1. The van der Waals surface area contributed by atoms with Gasteiger partial charge in [0.25, 0.3) is 5.91 Å². The average molecular weight is 431 g/mol. The molecule has 2 rings (SSSR count). The van der Waals surface area contributed by atoms with Gasteiger partial charge in [0, 0.05) is 6.04 Å². The number of benzene rings is 1. The molecular formula is C20H31ClN2O4S. The lowest BCUT2D eigenvalue weighted by molar-refractivity contribution is 0.0507. The van der Waals surface area contributed by atoms with Gasteiger partial charge in [0.15, 0.2) is 0 Å². The summed E-state index contributed by atoms with van der Waals surface area (Å²) in [7, 11) is 0. The molecule has 0 unspecified atom stereocenters. The molecule has 3 N–H and O–H groups in total. The van der Waals surface area contributed by atoms with Crippen LogP contribution in [0.5, 0.6) is 0 Å². The van der Waals surface area contributed by atoms with E-state index in [0.717, 1.165) is 18.4 Å². The number of alkyl carbamates (subject to hydrolysis) is 1. The molecule has 6 nitrogen and oxygen atoms in total. The highest BCUT2D eigenvalue weighted by Crippen LogP contribution is 2.24. The van der Waals surface area contributed by atoms with Crippen LogP contribution in [0, 0.1) is 0 Å². The second-order valence-electron chi connectivity index (χ2n) is 8.09. The fraction of sp³-hybridized carbons (Fsp3) is 0.600. The van der Waals surface area contributed by atoms with Gasteiger partial charge in [-0.25, -0.2) is 4.79 Å². The molecule has 2 amide bonds. The predicted molar refractivity (Wildman–Crippen MR) is 115 cm³/mol. The van der Waals surface area contributed by atoms with Crippen LogP contribution in [0.3, 0.4) is 0 Å². The van der Waals surface area contributed by atoms with Gasteiger partial charge in [-0.15, -0.1) is 0 Å². The molecule has 0 aliphatic heterocycles. The zero-order valence-electron chi connectivity index (χ0n) is 16.8. The summed E-state index contributed by atoms with van der Waals surface area (Å²) >= 11 is 6.31. The van der Waals surface area contributed by atoms with Crippen molar-refractivity contribution in [1.29, 1.82) is 0 Å². The van der Waals surface area contributed by atoms with Crippen molar-refractivity contribution in [2.24, 2.45) is 0 Å². The topological polar surface area (TPSA) is 87.7 Å². The molecule has 0 aromatic heterocycles. The van der Waals surface area contributed by atoms with E-state index in [1.807, 2.05) is 6.92 Å². The van der Waals surface area contributed by atoms with Gasteiger partial charge in [-0.1, -0.05) is 17.7 Å². The first-order valence-corrected chi connectivity index (χ1v) is 9.71. The van der Waals surface area contributed by atoms with Crippen LogP contribution in [-0.4, -0.2) is 34.9 Å². The Hall–Kier alpha value is -1.44. The predicted octanol–water partition coefficient (Wildman–Crippen LogP) is 4.07. The van der Waals surface area contributed by atoms with Crippen LogP contribution in [0.4, 0.5) is 4.79 Å². The Balaban J connectivity index is 0.00000392. The largest absolute Gasteiger partial charge is 0.444 e. The summed E-state index contributed by atoms with van der Waals surface area (Å²) < 4.78 is 5.25. The molecular weight excluding hydrogens is 400 g/mol. The molecule has 0 heterocycles. The minimum absolute atomic E-state index is 0. The molecule has 0 saturated heterocycles. The van der Waals surface area contributed by atoms with E-state index in [0.29, 0.717) is 23.4 Å². The van der Waals surface area contributed by atoms with Crippen LogP contribution in [-0.2, 0) is 4.74 Å². The average Bonchev–Trinajstić information content (AvgIpc) is 2.54. The third-order valence-corrected chi connectivity index (χ3v) is 4.82. The van der Waals surface area contributed by atoms with Crippen molar-refractivity contribution < 1.29 is 19.4 Å². The first kappa shape index (κ1) is 24.6. The van der Waals surface area contributed by atoms with Crippen LogP contribution in [0.1, 0.15) is 75.3 Å². The van der Waals surface area contributed by atoms with Crippen molar-refractivity contribution in [2.45, 2.75) is 77.2 Å². The van der Waals surface area contributed by atoms with Gasteiger partial charge >= 0.3 is 6.09 Å². The Labute approximate surface area is 178 Å². The first-order valence-electron chi connectivity index (χ1n) is 9.33. The fourth-order valence-electron chi connectivity index (χ4n) is 3.04. The Kier molecular flexibility index (Phi) is 9.11. The molecule has 28 heavy (non-hydrogen) atoms. The number of halogens is 1. The summed E-state index contributed by atoms with van der Waals surface area (Å²) in [5.74, 6) is -0.222. The fourth-order valence-corrected chi connectivity index (χ4v) is 3.31. The lowest BCUT2D eigenvalue weighted by Crippen LogP contribution is -2.38. The van der Waals surface area contributed by atoms with Crippen molar-refractivity contribution in [3.05, 3.63) is 34.3 Å². The first-order chi connectivity index (χ1) is 12.5. The summed E-state index contributed by atoms with van der Waals surface area (Å²) in [4.78, 5) is 24.4. The van der Waals surface area contributed by atoms with Gasteiger partial charge in [-0.05, 0) is 71.1 Å². The summed E-state index contributed by atoms with van der Waals surface area (Å²) in [6.45, 7) is 7.22. The zero-order chi connectivity index (χ0) is 20.2. The zero-order valence-corrected chi connectivity index (χ0v) is 18.6. The molecule has 1 fully saturated rings. The van der Waals surface area contributed by atoms with E-state index in [-0.39, 0.29) is 37.6 Å². The minimum Gasteiger partial charge on any atom is -0.444 e. The highest BCUT2D eigenvalue weighted by Gasteiger charge is 2.23. The van der Waals surface area contributed by atoms with E-state index < -0.39 is 11.7 Å². The van der Waals surface area contributed by atoms with E-state index in [1.54, 1.807) is 39.0 Å². The molecule has 1 aliphatic carbocycles. The van der Waals surface area contributed by atoms with E-state index in [4.69, 9.17) is 16.3 Å². The van der Waals surface area contributed by atoms with Crippen molar-refractivity contribution in [2.75, 3.05) is 0 Å². The number of rotatable bonds is 4. The van der Waals surface area contributed by atoms with Gasteiger partial charge in [-0.3, -0.25) is 4.79 Å². The number of hydrogen-bond donors (Lipinski definition) is 3. The molecule has 1 aliphatic rings. The van der Waals surface area contributed by atoms with Crippen LogP contribution >= 0.6 is 25.1 Å². The molecule has 1 saturated carbocycles. The van der Waals surface area contributed by atoms with E-state index >= 15 is 0 Å². The third-order valence-electron chi connectivity index (χ3n) is 4.50. The molecule has 1 aromatic rings. The SMILES string of the molecule is C[C@H](NC(=O)OC(C)(C)C)c1ccc(C(=O)NC2CCC(O)CC2)c(Cl)c1.S. The number of amides is 2. The maximum Gasteiger partial charge on any atom is 0.408 e. The van der Waals surface area contributed by atoms with Crippen LogP contribution in [0.2, 0.25) is 5.02 Å². The Morgan fingerprint density at radius 3 is 2.36 bits per heavy atom. The monoisotopic (exact) mass is 430 g/mol. The molecule has 1 aromatic carbocycles. The van der Waals surface area contributed by atoms with Gasteiger partial charge in [0.1, 0.15) is 5.60 Å². The Bertz CT molecular complexity index is 685. The number of aliphatic hydroxyl groups is 1. The van der Waals surface area contributed by atoms with Crippen molar-refractivity contribution in [3.8, 4) is 0 Å². The van der Waals surface area contributed by atoms with Gasteiger partial charge in [0.05, 0.1) is 22.7 Å². The minimum atomic E-state index is -0.571. The number of aliphatic hydroxyl groups excluding tert-OH is 1. The molecule has 158 valence electrons. The van der Waals surface area contributed by atoms with Gasteiger partial charge in [0.2, 0.25) is 0 Å². The van der Waals surface area contributed by atoms with Crippen molar-refractivity contribution in [1.82, 2.24) is 10.6 Å². The number of ether oxygens (including phenoxy) is 1. The number of nitrogens with one attached hydrogen (secondary N) is 2. The molecule has 0 radical (unpaired) electrons. The maximum absolute atomic E-state index is 12.5. The van der Waals surface area contributed by atoms with E-state index in [1.165, 1.54) is 0 Å². The van der Waals surface area contributed by atoms with Crippen LogP contribution < -0.4 is 10.6 Å². The second kappa shape index (κ2) is 10.4. The highest BCUT2D eigenvalue weighted by atomic mass is 35.5. The molecule has 8 heteroatoms. The normalized spacial score (nSPS) is 20.5. The molecule has 1 atom stereocenters. The lowest BCUT2D eigenvalue weighted by atomic mass is 9.93. The third kappa shape index (κ3) is 7.53. The molecule has 0 spiro atoms.